The fraction of sp³-hybridized carbons (Fsp3) is 0.238. The molecule has 1 aliphatic rings. The summed E-state index contributed by atoms with van der Waals surface area (Å²) in [6.07, 6.45) is 0. The van der Waals surface area contributed by atoms with Gasteiger partial charge in [0.25, 0.3) is 0 Å². The molecule has 1 aliphatic heterocycles. The second-order valence-corrected chi connectivity index (χ2v) is 6.77. The maximum Gasteiger partial charge on any atom is 0.343 e. The van der Waals surface area contributed by atoms with Crippen molar-refractivity contribution in [3.63, 3.8) is 0 Å². The number of halogens is 1. The van der Waals surface area contributed by atoms with Gasteiger partial charge in [-0.25, -0.2) is 9.18 Å². The van der Waals surface area contributed by atoms with Gasteiger partial charge in [0.1, 0.15) is 5.82 Å². The number of carboxylic acid groups (broad SMARTS) is 1. The first-order valence-electron chi connectivity index (χ1n) is 9.12. The summed E-state index contributed by atoms with van der Waals surface area (Å²) in [5.41, 5.74) is 1.83. The lowest BCUT2D eigenvalue weighted by atomic mass is 10.1. The molecule has 0 atom stereocenters. The normalized spacial score (nSPS) is 15.0. The summed E-state index contributed by atoms with van der Waals surface area (Å²) in [5, 5.41) is 13.8. The molecule has 3 aromatic rings. The average molecular weight is 381 g/mol. The molecule has 0 bridgehead atoms. The van der Waals surface area contributed by atoms with Gasteiger partial charge in [0.05, 0.1) is 0 Å². The highest BCUT2D eigenvalue weighted by Crippen LogP contribution is 2.31. The molecule has 1 saturated heterocycles. The van der Waals surface area contributed by atoms with E-state index in [9.17, 15) is 14.3 Å². The van der Waals surface area contributed by atoms with Crippen molar-refractivity contribution in [1.29, 1.82) is 0 Å². The largest absolute Gasteiger partial charge is 0.477 e. The Morgan fingerprint density at radius 3 is 2.36 bits per heavy atom. The number of carboxylic acids is 1. The van der Waals surface area contributed by atoms with E-state index in [1.54, 1.807) is 24.3 Å². The van der Waals surface area contributed by atoms with E-state index in [1.165, 1.54) is 12.1 Å². The minimum Gasteiger partial charge on any atom is -0.477 e. The molecule has 28 heavy (non-hydrogen) atoms. The molecule has 144 valence electrons. The van der Waals surface area contributed by atoms with Crippen molar-refractivity contribution in [1.82, 2.24) is 10.1 Å². The van der Waals surface area contributed by atoms with Crippen LogP contribution in [0.15, 0.2) is 59.1 Å². The van der Waals surface area contributed by atoms with Crippen LogP contribution in [0, 0.1) is 5.82 Å². The van der Waals surface area contributed by atoms with Crippen LogP contribution in [0.2, 0.25) is 0 Å². The smallest absolute Gasteiger partial charge is 0.343 e. The van der Waals surface area contributed by atoms with E-state index >= 15 is 0 Å². The lowest BCUT2D eigenvalue weighted by Gasteiger charge is -2.34. The van der Waals surface area contributed by atoms with Crippen LogP contribution in [0.4, 0.5) is 10.2 Å². The van der Waals surface area contributed by atoms with E-state index < -0.39 is 5.97 Å². The van der Waals surface area contributed by atoms with Crippen molar-refractivity contribution in [3.05, 3.63) is 71.5 Å². The van der Waals surface area contributed by atoms with Gasteiger partial charge < -0.3 is 14.5 Å². The predicted molar refractivity (Wildman–Crippen MR) is 103 cm³/mol. The van der Waals surface area contributed by atoms with E-state index in [0.717, 1.165) is 25.2 Å². The first-order chi connectivity index (χ1) is 13.6. The highest BCUT2D eigenvalue weighted by Gasteiger charge is 2.29. The Bertz CT molecular complexity index is 949. The summed E-state index contributed by atoms with van der Waals surface area (Å²) < 4.78 is 18.5. The summed E-state index contributed by atoms with van der Waals surface area (Å²) in [6, 6.07) is 15.6. The molecule has 2 heterocycles. The zero-order valence-corrected chi connectivity index (χ0v) is 15.2. The third-order valence-corrected chi connectivity index (χ3v) is 4.92. The van der Waals surface area contributed by atoms with E-state index in [2.05, 4.69) is 10.1 Å². The van der Waals surface area contributed by atoms with Gasteiger partial charge in [0.15, 0.2) is 17.1 Å². The number of rotatable bonds is 5. The van der Waals surface area contributed by atoms with Crippen molar-refractivity contribution in [2.75, 3.05) is 31.1 Å². The Labute approximate surface area is 161 Å². The zero-order valence-electron chi connectivity index (χ0n) is 15.2. The van der Waals surface area contributed by atoms with Gasteiger partial charge in [-0.05, 0) is 17.7 Å². The molecule has 4 rings (SSSR count). The first-order valence-corrected chi connectivity index (χ1v) is 9.12. The van der Waals surface area contributed by atoms with Crippen LogP contribution in [0.25, 0.3) is 11.3 Å². The lowest BCUT2D eigenvalue weighted by molar-refractivity contribution is 0.0697. The van der Waals surface area contributed by atoms with Crippen LogP contribution in [0.1, 0.15) is 15.9 Å². The van der Waals surface area contributed by atoms with Gasteiger partial charge in [-0.1, -0.05) is 47.6 Å². The number of hydrogen-bond donors (Lipinski definition) is 1. The second-order valence-electron chi connectivity index (χ2n) is 6.77. The number of piperazine rings is 1. The topological polar surface area (TPSA) is 69.8 Å². The Kier molecular flexibility index (Phi) is 5.08. The predicted octanol–water partition coefficient (Wildman–Crippen LogP) is 3.50. The minimum absolute atomic E-state index is 0.0955. The summed E-state index contributed by atoms with van der Waals surface area (Å²) in [6.45, 7) is 3.52. The van der Waals surface area contributed by atoms with E-state index in [-0.39, 0.29) is 17.1 Å². The van der Waals surface area contributed by atoms with Crippen LogP contribution >= 0.6 is 0 Å². The van der Waals surface area contributed by atoms with Gasteiger partial charge >= 0.3 is 5.97 Å². The van der Waals surface area contributed by atoms with Gasteiger partial charge in [0, 0.05) is 38.3 Å². The van der Waals surface area contributed by atoms with E-state index in [0.29, 0.717) is 24.5 Å². The molecule has 0 aliphatic carbocycles. The molecule has 6 nitrogen and oxygen atoms in total. The molecule has 0 spiro atoms. The standard InChI is InChI=1S/C21H20FN3O3/c22-17-8-6-15(7-9-17)14-24-10-12-25(13-11-24)20-18(21(26)27)19(28-23-20)16-4-2-1-3-5-16/h1-9H,10-14H2,(H,26,27). The Morgan fingerprint density at radius 1 is 1.04 bits per heavy atom. The van der Waals surface area contributed by atoms with Gasteiger partial charge in [-0.3, -0.25) is 4.90 Å². The number of anilines is 1. The number of nitrogens with zero attached hydrogens (tertiary/aromatic N) is 3. The van der Waals surface area contributed by atoms with Crippen molar-refractivity contribution < 1.29 is 18.8 Å². The molecule has 7 heteroatoms. The van der Waals surface area contributed by atoms with Crippen LogP contribution in [-0.4, -0.2) is 47.3 Å². The molecular formula is C21H20FN3O3. The maximum atomic E-state index is 13.0. The molecule has 0 radical (unpaired) electrons. The Balaban J connectivity index is 1.48. The third kappa shape index (κ3) is 3.75. The van der Waals surface area contributed by atoms with Crippen molar-refractivity contribution in [3.8, 4) is 11.3 Å². The average Bonchev–Trinajstić information content (AvgIpc) is 3.16. The molecule has 0 amide bonds. The van der Waals surface area contributed by atoms with Crippen molar-refractivity contribution >= 4 is 11.8 Å². The third-order valence-electron chi connectivity index (χ3n) is 4.92. The summed E-state index contributed by atoms with van der Waals surface area (Å²) in [5.74, 6) is -0.650. The molecule has 1 N–H and O–H groups in total. The van der Waals surface area contributed by atoms with Gasteiger partial charge in [0.2, 0.25) is 0 Å². The SMILES string of the molecule is O=C(O)c1c(N2CCN(Cc3ccc(F)cc3)CC2)noc1-c1ccccc1. The first kappa shape index (κ1) is 18.2. The highest BCUT2D eigenvalue weighted by atomic mass is 19.1. The zero-order chi connectivity index (χ0) is 19.5. The Morgan fingerprint density at radius 2 is 1.71 bits per heavy atom. The van der Waals surface area contributed by atoms with Gasteiger partial charge in [-0.2, -0.15) is 0 Å². The second kappa shape index (κ2) is 7.82. The molecular weight excluding hydrogens is 361 g/mol. The Hall–Kier alpha value is -3.19. The van der Waals surface area contributed by atoms with Crippen molar-refractivity contribution in [2.45, 2.75) is 6.54 Å². The molecule has 0 unspecified atom stereocenters. The highest BCUT2D eigenvalue weighted by molar-refractivity contribution is 5.99. The van der Waals surface area contributed by atoms with Crippen LogP contribution in [0.5, 0.6) is 0 Å². The number of carbonyl (C=O) groups is 1. The lowest BCUT2D eigenvalue weighted by Crippen LogP contribution is -2.46. The fourth-order valence-electron chi connectivity index (χ4n) is 3.44. The number of aromatic nitrogens is 1. The molecule has 0 saturated carbocycles. The van der Waals surface area contributed by atoms with E-state index in [1.807, 2.05) is 23.1 Å². The quantitative estimate of drug-likeness (QED) is 0.730. The summed E-state index contributed by atoms with van der Waals surface area (Å²) in [4.78, 5) is 16.1. The number of aromatic carboxylic acids is 1. The maximum absolute atomic E-state index is 13.0. The summed E-state index contributed by atoms with van der Waals surface area (Å²) >= 11 is 0. The molecule has 1 fully saturated rings. The molecule has 2 aromatic carbocycles. The van der Waals surface area contributed by atoms with Gasteiger partial charge in [-0.15, -0.1) is 0 Å². The van der Waals surface area contributed by atoms with Crippen LogP contribution in [-0.2, 0) is 6.54 Å². The number of benzene rings is 2. The monoisotopic (exact) mass is 381 g/mol. The van der Waals surface area contributed by atoms with Crippen LogP contribution < -0.4 is 4.90 Å². The van der Waals surface area contributed by atoms with Crippen molar-refractivity contribution in [2.24, 2.45) is 0 Å². The fourth-order valence-corrected chi connectivity index (χ4v) is 3.44. The summed E-state index contributed by atoms with van der Waals surface area (Å²) in [7, 11) is 0. The minimum atomic E-state index is -1.05. The van der Waals surface area contributed by atoms with E-state index in [4.69, 9.17) is 4.52 Å². The molecule has 1 aromatic heterocycles. The van der Waals surface area contributed by atoms with Crippen LogP contribution in [0.3, 0.4) is 0 Å². The number of hydrogen-bond acceptors (Lipinski definition) is 5.